The van der Waals surface area contributed by atoms with E-state index >= 15 is 0 Å². The lowest BCUT2D eigenvalue weighted by Gasteiger charge is -2.19. The highest BCUT2D eigenvalue weighted by atomic mass is 16.7. The Morgan fingerprint density at radius 3 is 2.81 bits per heavy atom. The van der Waals surface area contributed by atoms with E-state index in [1.165, 1.54) is 0 Å². The molecule has 0 heterocycles. The van der Waals surface area contributed by atoms with Gasteiger partial charge in [0.2, 0.25) is 0 Å². The Morgan fingerprint density at radius 2 is 2.12 bits per heavy atom. The van der Waals surface area contributed by atoms with Gasteiger partial charge in [0.25, 0.3) is 0 Å². The van der Waals surface area contributed by atoms with Gasteiger partial charge in [0.1, 0.15) is 6.10 Å². The summed E-state index contributed by atoms with van der Waals surface area (Å²) in [4.78, 5) is 11.3. The average molecular weight is 227 g/mol. The van der Waals surface area contributed by atoms with Gasteiger partial charge in [-0.1, -0.05) is 6.08 Å². The van der Waals surface area contributed by atoms with Gasteiger partial charge < -0.3 is 15.2 Å². The van der Waals surface area contributed by atoms with E-state index in [-0.39, 0.29) is 18.2 Å². The van der Waals surface area contributed by atoms with Gasteiger partial charge in [-0.05, 0) is 45.6 Å². The van der Waals surface area contributed by atoms with Crippen molar-refractivity contribution in [3.8, 4) is 0 Å². The van der Waals surface area contributed by atoms with Crippen LogP contribution in [0.5, 0.6) is 0 Å². The van der Waals surface area contributed by atoms with Crippen molar-refractivity contribution >= 4 is 6.16 Å². The molecule has 0 saturated carbocycles. The Morgan fingerprint density at radius 1 is 1.38 bits per heavy atom. The lowest BCUT2D eigenvalue weighted by molar-refractivity contribution is 0.0160. The Bertz CT molecular complexity index is 251. The van der Waals surface area contributed by atoms with E-state index in [0.717, 1.165) is 25.7 Å². The standard InChI is InChI=1S/C12H21NO3/c1-9(2)15-12(14)16-11-6-4-3-5-10(13)7-8-11/h4,6,9-11H,3,5,7-8,13H2,1-2H3/b6-4+. The second-order valence-corrected chi connectivity index (χ2v) is 4.42. The third kappa shape index (κ3) is 5.16. The van der Waals surface area contributed by atoms with Crippen molar-refractivity contribution in [1.29, 1.82) is 0 Å². The van der Waals surface area contributed by atoms with Gasteiger partial charge in [-0.25, -0.2) is 4.79 Å². The van der Waals surface area contributed by atoms with Gasteiger partial charge in [0.15, 0.2) is 0 Å². The van der Waals surface area contributed by atoms with Crippen LogP contribution in [0.25, 0.3) is 0 Å². The molecule has 0 aromatic rings. The van der Waals surface area contributed by atoms with Crippen LogP contribution >= 0.6 is 0 Å². The number of allylic oxidation sites excluding steroid dienone is 1. The zero-order chi connectivity index (χ0) is 12.0. The molecule has 1 aliphatic rings. The third-order valence-electron chi connectivity index (χ3n) is 2.46. The van der Waals surface area contributed by atoms with E-state index in [1.54, 1.807) is 13.8 Å². The lowest BCUT2D eigenvalue weighted by atomic mass is 10.0. The van der Waals surface area contributed by atoms with E-state index in [9.17, 15) is 4.79 Å². The molecule has 1 rings (SSSR count). The predicted octanol–water partition coefficient (Wildman–Crippen LogP) is 2.37. The first-order valence-electron chi connectivity index (χ1n) is 5.87. The minimum absolute atomic E-state index is 0.146. The number of nitrogens with two attached hydrogens (primary N) is 1. The van der Waals surface area contributed by atoms with Gasteiger partial charge in [-0.15, -0.1) is 0 Å². The number of carbonyl (C=O) groups is 1. The van der Waals surface area contributed by atoms with E-state index in [4.69, 9.17) is 15.2 Å². The van der Waals surface area contributed by atoms with Crippen LogP contribution in [0.3, 0.4) is 0 Å². The zero-order valence-electron chi connectivity index (χ0n) is 10.0. The number of hydrogen-bond acceptors (Lipinski definition) is 4. The number of hydrogen-bond donors (Lipinski definition) is 1. The molecule has 92 valence electrons. The molecule has 2 unspecified atom stereocenters. The van der Waals surface area contributed by atoms with Crippen LogP contribution in [0.15, 0.2) is 12.2 Å². The smallest absolute Gasteiger partial charge is 0.432 e. The molecular formula is C12H21NO3. The molecule has 0 aromatic carbocycles. The van der Waals surface area contributed by atoms with E-state index < -0.39 is 6.16 Å². The quantitative estimate of drug-likeness (QED) is 0.581. The maximum atomic E-state index is 11.3. The van der Waals surface area contributed by atoms with Crippen LogP contribution in [-0.4, -0.2) is 24.4 Å². The Kier molecular flexibility index (Phi) is 5.32. The molecule has 2 atom stereocenters. The number of rotatable bonds is 2. The summed E-state index contributed by atoms with van der Waals surface area (Å²) in [6, 6.07) is 0.206. The van der Waals surface area contributed by atoms with E-state index in [1.807, 2.05) is 12.2 Å². The largest absolute Gasteiger partial charge is 0.509 e. The Balaban J connectivity index is 2.39. The molecule has 0 saturated heterocycles. The number of carbonyl (C=O) groups excluding carboxylic acids is 1. The molecule has 1 aliphatic carbocycles. The summed E-state index contributed by atoms with van der Waals surface area (Å²) in [7, 11) is 0. The number of ether oxygens (including phenoxy) is 2. The Hall–Kier alpha value is -1.03. The topological polar surface area (TPSA) is 61.5 Å². The summed E-state index contributed by atoms with van der Waals surface area (Å²) in [6.45, 7) is 3.59. The van der Waals surface area contributed by atoms with Crippen LogP contribution in [-0.2, 0) is 9.47 Å². The molecule has 0 bridgehead atoms. The molecule has 0 fully saturated rings. The van der Waals surface area contributed by atoms with Crippen molar-refractivity contribution in [2.45, 2.75) is 57.8 Å². The molecule has 0 aliphatic heterocycles. The van der Waals surface area contributed by atoms with Gasteiger partial charge in [0, 0.05) is 6.04 Å². The zero-order valence-corrected chi connectivity index (χ0v) is 10.0. The summed E-state index contributed by atoms with van der Waals surface area (Å²) in [6.07, 6.45) is 6.60. The van der Waals surface area contributed by atoms with Crippen LogP contribution < -0.4 is 5.73 Å². The van der Waals surface area contributed by atoms with Gasteiger partial charge >= 0.3 is 6.16 Å². The minimum atomic E-state index is -0.598. The highest BCUT2D eigenvalue weighted by Gasteiger charge is 2.16. The van der Waals surface area contributed by atoms with Crippen molar-refractivity contribution in [3.63, 3.8) is 0 Å². The summed E-state index contributed by atoms with van der Waals surface area (Å²) >= 11 is 0. The van der Waals surface area contributed by atoms with Gasteiger partial charge in [-0.2, -0.15) is 0 Å². The van der Waals surface area contributed by atoms with Gasteiger partial charge in [0.05, 0.1) is 6.10 Å². The fourth-order valence-electron chi connectivity index (χ4n) is 1.62. The lowest BCUT2D eigenvalue weighted by Crippen LogP contribution is -2.26. The highest BCUT2D eigenvalue weighted by molar-refractivity contribution is 5.60. The predicted molar refractivity (Wildman–Crippen MR) is 62.1 cm³/mol. The Labute approximate surface area is 96.8 Å². The molecule has 16 heavy (non-hydrogen) atoms. The second-order valence-electron chi connectivity index (χ2n) is 4.42. The molecule has 0 spiro atoms. The first kappa shape index (κ1) is 13.0. The summed E-state index contributed by atoms with van der Waals surface area (Å²) < 4.78 is 10.1. The molecule has 2 N–H and O–H groups in total. The fourth-order valence-corrected chi connectivity index (χ4v) is 1.62. The normalized spacial score (nSPS) is 28.0. The minimum Gasteiger partial charge on any atom is -0.432 e. The molecule has 0 aromatic heterocycles. The molecule has 0 radical (unpaired) electrons. The van der Waals surface area contributed by atoms with Crippen molar-refractivity contribution in [2.24, 2.45) is 5.73 Å². The van der Waals surface area contributed by atoms with Crippen molar-refractivity contribution in [2.75, 3.05) is 0 Å². The SMILES string of the molecule is CC(C)OC(=O)OC1/C=C/CCC(N)CC1. The molecular weight excluding hydrogens is 206 g/mol. The summed E-state index contributed by atoms with van der Waals surface area (Å²) in [5.41, 5.74) is 5.87. The average Bonchev–Trinajstić information content (AvgIpc) is 2.16. The molecule has 0 amide bonds. The maximum absolute atomic E-state index is 11.3. The third-order valence-corrected chi connectivity index (χ3v) is 2.46. The van der Waals surface area contributed by atoms with Crippen molar-refractivity contribution in [3.05, 3.63) is 12.2 Å². The first-order valence-corrected chi connectivity index (χ1v) is 5.87. The maximum Gasteiger partial charge on any atom is 0.509 e. The fraction of sp³-hybridized carbons (Fsp3) is 0.750. The molecule has 4 heteroatoms. The van der Waals surface area contributed by atoms with Crippen LogP contribution in [0.1, 0.15) is 39.5 Å². The highest BCUT2D eigenvalue weighted by Crippen LogP contribution is 2.14. The monoisotopic (exact) mass is 227 g/mol. The summed E-state index contributed by atoms with van der Waals surface area (Å²) in [5.74, 6) is 0. The van der Waals surface area contributed by atoms with E-state index in [0.29, 0.717) is 0 Å². The first-order chi connectivity index (χ1) is 7.58. The summed E-state index contributed by atoms with van der Waals surface area (Å²) in [5, 5.41) is 0. The van der Waals surface area contributed by atoms with Crippen LogP contribution in [0, 0.1) is 0 Å². The van der Waals surface area contributed by atoms with Gasteiger partial charge in [-0.3, -0.25) is 0 Å². The molecule has 4 nitrogen and oxygen atoms in total. The van der Waals surface area contributed by atoms with E-state index in [2.05, 4.69) is 0 Å². The van der Waals surface area contributed by atoms with Crippen LogP contribution in [0.2, 0.25) is 0 Å². The second kappa shape index (κ2) is 6.53. The van der Waals surface area contributed by atoms with Crippen molar-refractivity contribution < 1.29 is 14.3 Å². The van der Waals surface area contributed by atoms with Crippen molar-refractivity contribution in [1.82, 2.24) is 0 Å². The van der Waals surface area contributed by atoms with Crippen LogP contribution in [0.4, 0.5) is 4.79 Å².